The van der Waals surface area contributed by atoms with E-state index in [9.17, 15) is 14.4 Å². The molecule has 1 unspecified atom stereocenters. The van der Waals surface area contributed by atoms with Gasteiger partial charge in [-0.25, -0.2) is 4.98 Å². The molecular formula is C46H38N4O4S2. The number of rotatable bonds is 14. The van der Waals surface area contributed by atoms with E-state index in [4.69, 9.17) is 9.72 Å². The predicted octanol–water partition coefficient (Wildman–Crippen LogP) is 10.5. The highest BCUT2D eigenvalue weighted by molar-refractivity contribution is 8.00. The molecule has 1 aromatic heterocycles. The second-order valence-corrected chi connectivity index (χ2v) is 14.9. The molecule has 7 rings (SSSR count). The van der Waals surface area contributed by atoms with Crippen molar-refractivity contribution in [2.24, 2.45) is 0 Å². The van der Waals surface area contributed by atoms with E-state index in [1.165, 1.54) is 23.1 Å². The highest BCUT2D eigenvalue weighted by atomic mass is 32.2. The Labute approximate surface area is 333 Å². The normalized spacial score (nSPS) is 11.8. The van der Waals surface area contributed by atoms with Gasteiger partial charge in [-0.15, -0.1) is 23.1 Å². The lowest BCUT2D eigenvalue weighted by Gasteiger charge is -2.15. The first-order valence-electron chi connectivity index (χ1n) is 18.1. The van der Waals surface area contributed by atoms with Crippen molar-refractivity contribution in [3.63, 3.8) is 0 Å². The van der Waals surface area contributed by atoms with E-state index in [2.05, 4.69) is 40.2 Å². The molecule has 6 aromatic carbocycles. The Balaban J connectivity index is 1.02. The Kier molecular flexibility index (Phi) is 12.3. The summed E-state index contributed by atoms with van der Waals surface area (Å²) in [7, 11) is 0. The van der Waals surface area contributed by atoms with Crippen LogP contribution in [0.15, 0.2) is 168 Å². The van der Waals surface area contributed by atoms with Gasteiger partial charge in [0.05, 0.1) is 10.9 Å². The number of hydrogen-bond acceptors (Lipinski definition) is 7. The van der Waals surface area contributed by atoms with Crippen LogP contribution in [0, 0.1) is 0 Å². The maximum atomic E-state index is 13.8. The topological polar surface area (TPSA) is 109 Å². The summed E-state index contributed by atoms with van der Waals surface area (Å²) in [6.45, 7) is 2.39. The molecule has 0 spiro atoms. The average Bonchev–Trinajstić information content (AvgIpc) is 3.71. The number of hydrogen-bond donors (Lipinski definition) is 3. The third-order valence-electron chi connectivity index (χ3n) is 8.78. The van der Waals surface area contributed by atoms with Gasteiger partial charge in [0.15, 0.2) is 5.13 Å². The summed E-state index contributed by atoms with van der Waals surface area (Å²) in [6, 6.07) is 47.6. The summed E-state index contributed by atoms with van der Waals surface area (Å²) in [5, 5.41) is 13.1. The molecule has 8 nitrogen and oxygen atoms in total. The van der Waals surface area contributed by atoms with Crippen molar-refractivity contribution in [2.75, 3.05) is 10.6 Å². The molecule has 3 amide bonds. The van der Waals surface area contributed by atoms with E-state index >= 15 is 0 Å². The van der Waals surface area contributed by atoms with Crippen molar-refractivity contribution in [3.05, 3.63) is 179 Å². The third-order valence-corrected chi connectivity index (χ3v) is 10.9. The van der Waals surface area contributed by atoms with E-state index in [-0.39, 0.29) is 11.6 Å². The fraction of sp³-hybridized carbons (Fsp3) is 0.0870. The molecule has 56 heavy (non-hydrogen) atoms. The molecule has 1 heterocycles. The maximum absolute atomic E-state index is 13.8. The van der Waals surface area contributed by atoms with Crippen LogP contribution in [0.5, 0.6) is 5.75 Å². The van der Waals surface area contributed by atoms with E-state index in [0.29, 0.717) is 40.7 Å². The molecule has 278 valence electrons. The Hall–Kier alpha value is -6.49. The summed E-state index contributed by atoms with van der Waals surface area (Å²) in [5.74, 6) is -0.398. The van der Waals surface area contributed by atoms with Crippen LogP contribution in [0.1, 0.15) is 34.8 Å². The number of fused-ring (bicyclic) bond motifs is 1. The van der Waals surface area contributed by atoms with E-state index < -0.39 is 17.1 Å². The number of ether oxygens (including phenoxy) is 1. The fourth-order valence-corrected chi connectivity index (χ4v) is 7.58. The molecule has 0 aliphatic carbocycles. The molecule has 0 saturated heterocycles. The molecule has 0 aliphatic rings. The fourth-order valence-electron chi connectivity index (χ4n) is 5.84. The number of nitrogens with zero attached hydrogens (tertiary/aromatic N) is 1. The minimum Gasteiger partial charge on any atom is -0.489 e. The van der Waals surface area contributed by atoms with Crippen molar-refractivity contribution < 1.29 is 19.1 Å². The highest BCUT2D eigenvalue weighted by Crippen LogP contribution is 2.31. The number of thioether (sulfide) groups is 1. The van der Waals surface area contributed by atoms with Crippen LogP contribution in [0.2, 0.25) is 0 Å². The lowest BCUT2D eigenvalue weighted by molar-refractivity contribution is -0.116. The summed E-state index contributed by atoms with van der Waals surface area (Å²) in [5.41, 5.74) is 4.53. The zero-order valence-electron chi connectivity index (χ0n) is 30.5. The standard InChI is InChI=1S/C46H38N4O4S2/c1-2-42(45(53)50-46-49-41(30-55-46)36-23-22-33-14-9-10-17-35(33)27-36)56-39-19-11-18-37(28-39)47-44(52)40(48-43(51)34-15-7-4-8-16-34)26-31-20-24-38(25-21-31)54-29-32-12-5-3-6-13-32/h3-28,30,42H,2,29H2,1H3,(H,47,52)(H,48,51)(H,49,50,53)/b40-26-. The Morgan fingerprint density at radius 2 is 1.50 bits per heavy atom. The average molecular weight is 775 g/mol. The number of carbonyl (C=O) groups is 3. The van der Waals surface area contributed by atoms with Gasteiger partial charge in [0, 0.05) is 27.1 Å². The molecule has 10 heteroatoms. The number of anilines is 2. The van der Waals surface area contributed by atoms with E-state index in [0.717, 1.165) is 32.5 Å². The summed E-state index contributed by atoms with van der Waals surface area (Å²) < 4.78 is 5.92. The molecule has 0 bridgehead atoms. The van der Waals surface area contributed by atoms with Gasteiger partial charge in [-0.05, 0) is 82.9 Å². The van der Waals surface area contributed by atoms with Crippen LogP contribution in [0.3, 0.4) is 0 Å². The molecule has 0 fully saturated rings. The molecule has 0 saturated carbocycles. The first-order chi connectivity index (χ1) is 27.4. The molecule has 0 radical (unpaired) electrons. The van der Waals surface area contributed by atoms with Gasteiger partial charge in [0.1, 0.15) is 18.1 Å². The van der Waals surface area contributed by atoms with Crippen LogP contribution in [0.25, 0.3) is 28.1 Å². The lowest BCUT2D eigenvalue weighted by atomic mass is 10.1. The first-order valence-corrected chi connectivity index (χ1v) is 19.8. The Bertz CT molecular complexity index is 2490. The largest absolute Gasteiger partial charge is 0.489 e. The monoisotopic (exact) mass is 774 g/mol. The zero-order valence-corrected chi connectivity index (χ0v) is 32.1. The Morgan fingerprint density at radius 1 is 0.768 bits per heavy atom. The second-order valence-electron chi connectivity index (χ2n) is 12.8. The third kappa shape index (κ3) is 9.97. The smallest absolute Gasteiger partial charge is 0.272 e. The molecular weight excluding hydrogens is 737 g/mol. The van der Waals surface area contributed by atoms with Gasteiger partial charge in [-0.1, -0.05) is 110 Å². The number of thiazole rings is 1. The van der Waals surface area contributed by atoms with Crippen LogP contribution >= 0.6 is 23.1 Å². The van der Waals surface area contributed by atoms with Gasteiger partial charge in [0.2, 0.25) is 5.91 Å². The number of benzene rings is 6. The zero-order chi connectivity index (χ0) is 38.7. The lowest BCUT2D eigenvalue weighted by Crippen LogP contribution is -2.30. The van der Waals surface area contributed by atoms with E-state index in [1.807, 2.05) is 109 Å². The molecule has 1 atom stereocenters. The van der Waals surface area contributed by atoms with Gasteiger partial charge in [-0.3, -0.25) is 14.4 Å². The highest BCUT2D eigenvalue weighted by Gasteiger charge is 2.21. The van der Waals surface area contributed by atoms with Crippen molar-refractivity contribution in [1.82, 2.24) is 10.3 Å². The number of amides is 3. The predicted molar refractivity (Wildman–Crippen MR) is 228 cm³/mol. The van der Waals surface area contributed by atoms with E-state index in [1.54, 1.807) is 36.4 Å². The second kappa shape index (κ2) is 18.2. The summed E-state index contributed by atoms with van der Waals surface area (Å²) >= 11 is 2.79. The van der Waals surface area contributed by atoms with Crippen LogP contribution in [-0.4, -0.2) is 28.0 Å². The molecule has 3 N–H and O–H groups in total. The maximum Gasteiger partial charge on any atom is 0.272 e. The quantitative estimate of drug-likeness (QED) is 0.0750. The molecule has 0 aliphatic heterocycles. The van der Waals surface area contributed by atoms with Crippen molar-refractivity contribution in [3.8, 4) is 17.0 Å². The van der Waals surface area contributed by atoms with Crippen molar-refractivity contribution in [1.29, 1.82) is 0 Å². The summed E-state index contributed by atoms with van der Waals surface area (Å²) in [4.78, 5) is 45.9. The minimum atomic E-state index is -0.503. The van der Waals surface area contributed by atoms with Gasteiger partial charge >= 0.3 is 0 Å². The van der Waals surface area contributed by atoms with Crippen LogP contribution in [0.4, 0.5) is 10.8 Å². The van der Waals surface area contributed by atoms with Gasteiger partial charge < -0.3 is 20.7 Å². The van der Waals surface area contributed by atoms with Crippen molar-refractivity contribution >= 4 is 68.5 Å². The number of carbonyl (C=O) groups excluding carboxylic acids is 3. The number of aromatic nitrogens is 1. The minimum absolute atomic E-state index is 0.0622. The summed E-state index contributed by atoms with van der Waals surface area (Å²) in [6.07, 6.45) is 2.20. The SMILES string of the molecule is CCC(Sc1cccc(NC(=O)/C(=C/c2ccc(OCc3ccccc3)cc2)NC(=O)c2ccccc2)c1)C(=O)Nc1nc(-c2ccc3ccccc3c2)cs1. The number of nitrogens with one attached hydrogen (secondary N) is 3. The van der Waals surface area contributed by atoms with Crippen molar-refractivity contribution in [2.45, 2.75) is 30.1 Å². The van der Waals surface area contributed by atoms with Gasteiger partial charge in [-0.2, -0.15) is 0 Å². The first kappa shape index (κ1) is 37.8. The van der Waals surface area contributed by atoms with Crippen LogP contribution in [-0.2, 0) is 16.2 Å². The Morgan fingerprint density at radius 3 is 2.27 bits per heavy atom. The van der Waals surface area contributed by atoms with Gasteiger partial charge in [0.25, 0.3) is 11.8 Å². The molecule has 7 aromatic rings. The van der Waals surface area contributed by atoms with Crippen LogP contribution < -0.4 is 20.7 Å².